The van der Waals surface area contributed by atoms with Gasteiger partial charge in [-0.25, -0.2) is 19.4 Å². The van der Waals surface area contributed by atoms with Crippen LogP contribution in [0.5, 0.6) is 0 Å². The highest BCUT2D eigenvalue weighted by Crippen LogP contribution is 2.40. The predicted molar refractivity (Wildman–Crippen MR) is 174 cm³/mol. The van der Waals surface area contributed by atoms with Crippen LogP contribution >= 0.6 is 23.1 Å². The number of carbonyl (C=O) groups is 6. The first-order chi connectivity index (χ1) is 22.3. The van der Waals surface area contributed by atoms with Crippen molar-refractivity contribution in [2.24, 2.45) is 5.16 Å². The molecule has 19 heteroatoms. The number of ether oxygens (including phenoxy) is 3. The molecular formula is C29H40N6O11S2. The van der Waals surface area contributed by atoms with Crippen LogP contribution in [0.25, 0.3) is 0 Å². The molecule has 1 unspecified atom stereocenters. The van der Waals surface area contributed by atoms with Gasteiger partial charge in [-0.05, 0) is 48.0 Å². The van der Waals surface area contributed by atoms with E-state index in [2.05, 4.69) is 26.1 Å². The van der Waals surface area contributed by atoms with Crippen LogP contribution in [-0.4, -0.2) is 104 Å². The molecule has 48 heavy (non-hydrogen) atoms. The number of nitrogens with zero attached hydrogens (tertiary/aromatic N) is 3. The number of aliphatic carboxylic acids is 1. The van der Waals surface area contributed by atoms with Crippen molar-refractivity contribution in [2.45, 2.75) is 90.5 Å². The number of fused-ring (bicyclic) bond motifs is 1. The molecule has 0 aromatic carbocycles. The van der Waals surface area contributed by atoms with Gasteiger partial charge in [-0.1, -0.05) is 12.1 Å². The Balaban J connectivity index is 1.82. The number of anilines is 1. The molecule has 264 valence electrons. The van der Waals surface area contributed by atoms with E-state index in [9.17, 15) is 33.9 Å². The van der Waals surface area contributed by atoms with E-state index in [1.165, 1.54) is 24.1 Å². The van der Waals surface area contributed by atoms with Crippen LogP contribution in [0, 0.1) is 0 Å². The number of carbonyl (C=O) groups excluding carboxylic acids is 5. The predicted octanol–water partition coefficient (Wildman–Crippen LogP) is 2.82. The summed E-state index contributed by atoms with van der Waals surface area (Å²) < 4.78 is 15.4. The number of thioether (sulfide) groups is 1. The Morgan fingerprint density at radius 3 is 2.33 bits per heavy atom. The normalized spacial score (nSPS) is 18.5. The number of hydrogen-bond donors (Lipinski definition) is 4. The molecule has 0 saturated carbocycles. The number of alkyl carbamates (subject to hydrolysis) is 1. The molecule has 2 aliphatic heterocycles. The van der Waals surface area contributed by atoms with Crippen LogP contribution < -0.4 is 16.0 Å². The van der Waals surface area contributed by atoms with E-state index in [0.29, 0.717) is 6.42 Å². The molecule has 0 radical (unpaired) electrons. The number of esters is 1. The van der Waals surface area contributed by atoms with Crippen LogP contribution in [0.1, 0.15) is 67.5 Å². The van der Waals surface area contributed by atoms with Gasteiger partial charge in [0.2, 0.25) is 0 Å². The first-order valence-corrected chi connectivity index (χ1v) is 16.7. The Labute approximate surface area is 285 Å². The first kappa shape index (κ1) is 38.1. The summed E-state index contributed by atoms with van der Waals surface area (Å²) in [6, 6.07) is -1.13. The van der Waals surface area contributed by atoms with Crippen molar-refractivity contribution in [2.75, 3.05) is 24.2 Å². The highest BCUT2D eigenvalue weighted by molar-refractivity contribution is 8.00. The van der Waals surface area contributed by atoms with Crippen LogP contribution in [0.3, 0.4) is 0 Å². The first-order valence-electron chi connectivity index (χ1n) is 14.8. The van der Waals surface area contributed by atoms with Gasteiger partial charge in [0, 0.05) is 23.6 Å². The van der Waals surface area contributed by atoms with Crippen molar-refractivity contribution in [3.63, 3.8) is 0 Å². The number of carboxylic acid groups (broad SMARTS) is 1. The second kappa shape index (κ2) is 15.7. The second-order valence-corrected chi connectivity index (χ2v) is 14.5. The lowest BCUT2D eigenvalue weighted by molar-refractivity contribution is -0.150. The van der Waals surface area contributed by atoms with Crippen LogP contribution in [0.15, 0.2) is 21.8 Å². The number of nitrogens with one attached hydrogen (secondary N) is 3. The van der Waals surface area contributed by atoms with E-state index in [0.717, 1.165) is 16.2 Å². The fourth-order valence-corrected chi connectivity index (χ4v) is 6.13. The molecule has 4 N–H and O–H groups in total. The van der Waals surface area contributed by atoms with Crippen molar-refractivity contribution >= 4 is 69.9 Å². The van der Waals surface area contributed by atoms with Gasteiger partial charge in [0.15, 0.2) is 10.8 Å². The number of β-lactam (4-membered cyclic amide) rings is 1. The number of rotatable bonds is 12. The van der Waals surface area contributed by atoms with Crippen LogP contribution in [0.2, 0.25) is 0 Å². The molecule has 17 nitrogen and oxygen atoms in total. The number of amides is 4. The fraction of sp³-hybridized carbons (Fsp3) is 0.586. The molecular weight excluding hydrogens is 672 g/mol. The molecule has 3 rings (SSSR count). The van der Waals surface area contributed by atoms with Gasteiger partial charge in [-0.2, -0.15) is 0 Å². The molecule has 0 bridgehead atoms. The molecule has 0 spiro atoms. The summed E-state index contributed by atoms with van der Waals surface area (Å²) in [5.41, 5.74) is -1.92. The Morgan fingerprint density at radius 1 is 1.10 bits per heavy atom. The van der Waals surface area contributed by atoms with Gasteiger partial charge in [-0.15, -0.1) is 23.1 Å². The quantitative estimate of drug-likeness (QED) is 0.0805. The van der Waals surface area contributed by atoms with Crippen LogP contribution in [0.4, 0.5) is 14.7 Å². The van der Waals surface area contributed by atoms with Crippen molar-refractivity contribution in [1.29, 1.82) is 0 Å². The molecule has 1 aromatic rings. The van der Waals surface area contributed by atoms with Crippen molar-refractivity contribution in [1.82, 2.24) is 20.5 Å². The minimum Gasteiger partial charge on any atom is -0.477 e. The average Bonchev–Trinajstić information content (AvgIpc) is 3.41. The lowest BCUT2D eigenvalue weighted by atomic mass is 10.0. The highest BCUT2D eigenvalue weighted by atomic mass is 32.2. The third-order valence-electron chi connectivity index (χ3n) is 6.18. The number of hydrogen-bond acceptors (Lipinski definition) is 14. The fourth-order valence-electron chi connectivity index (χ4n) is 4.12. The Morgan fingerprint density at radius 2 is 1.75 bits per heavy atom. The minimum absolute atomic E-state index is 0.00627. The monoisotopic (exact) mass is 712 g/mol. The van der Waals surface area contributed by atoms with Crippen LogP contribution in [-0.2, 0) is 38.2 Å². The summed E-state index contributed by atoms with van der Waals surface area (Å²) in [7, 11) is 0. The number of aromatic nitrogens is 1. The summed E-state index contributed by atoms with van der Waals surface area (Å²) in [5, 5.41) is 22.3. The number of thiazole rings is 1. The zero-order valence-electron chi connectivity index (χ0n) is 27.8. The number of carboxylic acids is 1. The maximum atomic E-state index is 13.6. The van der Waals surface area contributed by atoms with E-state index in [1.54, 1.807) is 48.5 Å². The third-order valence-corrected chi connectivity index (χ3v) is 8.27. The highest BCUT2D eigenvalue weighted by Gasteiger charge is 2.54. The molecule has 1 aromatic heterocycles. The van der Waals surface area contributed by atoms with Crippen molar-refractivity contribution in [3.8, 4) is 0 Å². The van der Waals surface area contributed by atoms with Gasteiger partial charge < -0.3 is 34.8 Å². The Bertz CT molecular complexity index is 1490. The average molecular weight is 713 g/mol. The topological polar surface area (TPSA) is 224 Å². The molecule has 0 aliphatic carbocycles. The van der Waals surface area contributed by atoms with E-state index < -0.39 is 64.7 Å². The van der Waals surface area contributed by atoms with E-state index in [1.807, 2.05) is 0 Å². The molecule has 4 amide bonds. The lowest BCUT2D eigenvalue weighted by Crippen LogP contribution is -2.71. The van der Waals surface area contributed by atoms with E-state index >= 15 is 0 Å². The molecule has 2 aliphatic rings. The molecule has 1 fully saturated rings. The maximum Gasteiger partial charge on any atom is 0.413 e. The molecule has 1 saturated heterocycles. The summed E-state index contributed by atoms with van der Waals surface area (Å²) in [5.74, 6) is -3.42. The summed E-state index contributed by atoms with van der Waals surface area (Å²) in [6.07, 6.45) is -1.78. The van der Waals surface area contributed by atoms with E-state index in [-0.39, 0.29) is 46.7 Å². The summed E-state index contributed by atoms with van der Waals surface area (Å²) in [4.78, 5) is 85.5. The molecule has 3 atom stereocenters. The summed E-state index contributed by atoms with van der Waals surface area (Å²) in [6.45, 7) is 12.9. The van der Waals surface area contributed by atoms with Crippen molar-refractivity contribution in [3.05, 3.63) is 22.3 Å². The number of oxime groups is 1. The minimum atomic E-state index is -1.38. The smallest absolute Gasteiger partial charge is 0.413 e. The Hall–Kier alpha value is -4.39. The maximum absolute atomic E-state index is 13.6. The van der Waals surface area contributed by atoms with Gasteiger partial charge in [-0.3, -0.25) is 24.6 Å². The zero-order valence-corrected chi connectivity index (χ0v) is 29.5. The van der Waals surface area contributed by atoms with Gasteiger partial charge >= 0.3 is 24.1 Å². The standard InChI is InChI=1S/C29H40N6O11S2/c1-9-16(10-30-26(41)44-28(3,4)5)46-34-18(17-13-48-25(31-17)33-27(42)45-29(6,7)8)21(37)32-19-22(38)35-20(24(39)40)15(11-43-14(2)36)12-47-23(19)35/h13,16,19,23H,9-12H2,1-8H3,(H,30,41)(H,32,37)(H,39,40)(H,31,33,42)/t16?,19-,23-/m1/s1. The zero-order chi connectivity index (χ0) is 36.0. The second-order valence-electron chi connectivity index (χ2n) is 12.5. The lowest BCUT2D eigenvalue weighted by Gasteiger charge is -2.49. The Kier molecular flexibility index (Phi) is 12.4. The van der Waals surface area contributed by atoms with Gasteiger partial charge in [0.05, 0.1) is 6.54 Å². The molecule has 3 heterocycles. The summed E-state index contributed by atoms with van der Waals surface area (Å²) >= 11 is 2.16. The van der Waals surface area contributed by atoms with Gasteiger partial charge in [0.1, 0.15) is 46.7 Å². The largest absolute Gasteiger partial charge is 0.477 e. The van der Waals surface area contributed by atoms with E-state index in [4.69, 9.17) is 19.0 Å². The SMILES string of the molecule is CCC(CNC(=O)OC(C)(C)C)ON=C(C(=O)N[C@@H]1C(=O)N2C(C(=O)O)=C(COC(C)=O)CS[C@H]12)c1csc(NC(=O)OC(C)(C)C)n1. The third kappa shape index (κ3) is 10.6. The van der Waals surface area contributed by atoms with Gasteiger partial charge in [0.25, 0.3) is 11.8 Å². The van der Waals surface area contributed by atoms with Crippen molar-refractivity contribution < 1.29 is 52.9 Å².